The quantitative estimate of drug-likeness (QED) is 0.850. The molecule has 0 aliphatic carbocycles. The van der Waals surface area contributed by atoms with Gasteiger partial charge >= 0.3 is 0 Å². The van der Waals surface area contributed by atoms with Gasteiger partial charge in [-0.05, 0) is 17.8 Å². The molecule has 1 N–H and O–H groups in total. The van der Waals surface area contributed by atoms with Gasteiger partial charge in [-0.2, -0.15) is 0 Å². The molecule has 1 amide bonds. The van der Waals surface area contributed by atoms with E-state index in [4.69, 9.17) is 0 Å². The van der Waals surface area contributed by atoms with Crippen LogP contribution < -0.4 is 5.32 Å². The van der Waals surface area contributed by atoms with Crippen molar-refractivity contribution in [3.63, 3.8) is 0 Å². The Morgan fingerprint density at radius 3 is 2.42 bits per heavy atom. The molecule has 1 aliphatic rings. The summed E-state index contributed by atoms with van der Waals surface area (Å²) in [7, 11) is 0. The first-order chi connectivity index (χ1) is 8.73. The van der Waals surface area contributed by atoms with Crippen molar-refractivity contribution in [1.29, 1.82) is 0 Å². The topological polar surface area (TPSA) is 32.3 Å². The van der Waals surface area contributed by atoms with Crippen LogP contribution in [0.4, 0.5) is 0 Å². The monoisotopic (exact) mass is 268 g/mol. The van der Waals surface area contributed by atoms with Crippen LogP contribution in [0.2, 0.25) is 0 Å². The first kappa shape index (κ1) is 16.5. The minimum atomic E-state index is 0.110. The van der Waals surface area contributed by atoms with Crippen LogP contribution in [0.25, 0.3) is 0 Å². The second-order valence-electron chi connectivity index (χ2n) is 7.55. The smallest absolute Gasteiger partial charge is 0.225 e. The fraction of sp³-hybridized carbons (Fsp3) is 0.938. The van der Waals surface area contributed by atoms with Crippen LogP contribution in [-0.4, -0.2) is 36.5 Å². The van der Waals surface area contributed by atoms with Gasteiger partial charge in [0.1, 0.15) is 0 Å². The predicted octanol–water partition coefficient (Wildman–Crippen LogP) is 2.91. The maximum atomic E-state index is 12.2. The van der Waals surface area contributed by atoms with Crippen molar-refractivity contribution in [1.82, 2.24) is 10.2 Å². The van der Waals surface area contributed by atoms with Gasteiger partial charge in [0.25, 0.3) is 0 Å². The minimum absolute atomic E-state index is 0.110. The average Bonchev–Trinajstić information content (AvgIpc) is 2.34. The summed E-state index contributed by atoms with van der Waals surface area (Å²) in [5.74, 6) is 1.06. The third kappa shape index (κ3) is 5.52. The molecule has 0 aromatic carbocycles. The lowest BCUT2D eigenvalue weighted by molar-refractivity contribution is -0.136. The van der Waals surface area contributed by atoms with Crippen molar-refractivity contribution in [2.45, 2.75) is 60.4 Å². The molecule has 1 rings (SSSR count). The molecule has 112 valence electrons. The van der Waals surface area contributed by atoms with Gasteiger partial charge in [-0.25, -0.2) is 0 Å². The van der Waals surface area contributed by atoms with Crippen molar-refractivity contribution in [2.75, 3.05) is 19.6 Å². The molecule has 0 radical (unpaired) electrons. The van der Waals surface area contributed by atoms with Gasteiger partial charge in [0.15, 0.2) is 0 Å². The molecule has 1 aliphatic heterocycles. The van der Waals surface area contributed by atoms with E-state index < -0.39 is 0 Å². The van der Waals surface area contributed by atoms with Gasteiger partial charge in [0.05, 0.1) is 0 Å². The average molecular weight is 268 g/mol. The molecule has 2 atom stereocenters. The van der Waals surface area contributed by atoms with Crippen LogP contribution in [0, 0.1) is 17.3 Å². The molecule has 0 aromatic heterocycles. The first-order valence-corrected chi connectivity index (χ1v) is 7.75. The second-order valence-corrected chi connectivity index (χ2v) is 7.55. The molecular weight excluding hydrogens is 236 g/mol. The van der Waals surface area contributed by atoms with E-state index in [1.54, 1.807) is 0 Å². The van der Waals surface area contributed by atoms with E-state index in [1.165, 1.54) is 6.42 Å². The molecule has 0 saturated carbocycles. The third-order valence-electron chi connectivity index (χ3n) is 3.84. The fourth-order valence-corrected chi connectivity index (χ4v) is 2.64. The standard InChI is InChI=1S/C16H32N2O/c1-7-13-8-14(17-11-16(4,5)6)10-18(9-13)15(19)12(2)3/h12-14,17H,7-11H2,1-6H3. The number of nitrogens with zero attached hydrogens (tertiary/aromatic N) is 1. The van der Waals surface area contributed by atoms with Gasteiger partial charge in [-0.3, -0.25) is 4.79 Å². The molecule has 2 unspecified atom stereocenters. The number of nitrogens with one attached hydrogen (secondary N) is 1. The lowest BCUT2D eigenvalue weighted by Crippen LogP contribution is -2.53. The van der Waals surface area contributed by atoms with Crippen LogP contribution in [0.3, 0.4) is 0 Å². The molecule has 0 aromatic rings. The number of likely N-dealkylation sites (tertiary alicyclic amines) is 1. The third-order valence-corrected chi connectivity index (χ3v) is 3.84. The van der Waals surface area contributed by atoms with Crippen LogP contribution in [0.5, 0.6) is 0 Å². The predicted molar refractivity (Wildman–Crippen MR) is 81.1 cm³/mol. The maximum absolute atomic E-state index is 12.2. The molecule has 1 heterocycles. The highest BCUT2D eigenvalue weighted by Gasteiger charge is 2.30. The summed E-state index contributed by atoms with van der Waals surface area (Å²) in [6, 6.07) is 0.459. The van der Waals surface area contributed by atoms with Gasteiger partial charge in [0, 0.05) is 31.6 Å². The Bertz CT molecular complexity index is 294. The highest BCUT2D eigenvalue weighted by molar-refractivity contribution is 5.78. The van der Waals surface area contributed by atoms with Crippen molar-refractivity contribution >= 4 is 5.91 Å². The zero-order chi connectivity index (χ0) is 14.6. The molecular formula is C16H32N2O. The number of piperidine rings is 1. The summed E-state index contributed by atoms with van der Waals surface area (Å²) in [5.41, 5.74) is 0.298. The highest BCUT2D eigenvalue weighted by Crippen LogP contribution is 2.22. The number of amides is 1. The zero-order valence-corrected chi connectivity index (χ0v) is 13.6. The van der Waals surface area contributed by atoms with Gasteiger partial charge in [-0.15, -0.1) is 0 Å². The van der Waals surface area contributed by atoms with Crippen LogP contribution >= 0.6 is 0 Å². The van der Waals surface area contributed by atoms with Gasteiger partial charge < -0.3 is 10.2 Å². The molecule has 3 nitrogen and oxygen atoms in total. The molecule has 3 heteroatoms. The van der Waals surface area contributed by atoms with E-state index in [0.717, 1.165) is 26.1 Å². The Morgan fingerprint density at radius 2 is 1.95 bits per heavy atom. The second kappa shape index (κ2) is 6.74. The number of rotatable bonds is 4. The van der Waals surface area contributed by atoms with Crippen LogP contribution in [0.1, 0.15) is 54.4 Å². The van der Waals surface area contributed by atoms with Crippen LogP contribution in [0.15, 0.2) is 0 Å². The highest BCUT2D eigenvalue weighted by atomic mass is 16.2. The SMILES string of the molecule is CCC1CC(NCC(C)(C)C)CN(C(=O)C(C)C)C1. The van der Waals surface area contributed by atoms with E-state index in [2.05, 4.69) is 37.9 Å². The summed E-state index contributed by atoms with van der Waals surface area (Å²) in [6.45, 7) is 15.8. The summed E-state index contributed by atoms with van der Waals surface area (Å²) in [4.78, 5) is 14.3. The Balaban J connectivity index is 2.60. The van der Waals surface area contributed by atoms with E-state index in [-0.39, 0.29) is 5.92 Å². The number of carbonyl (C=O) groups is 1. The summed E-state index contributed by atoms with van der Waals surface area (Å²) in [5, 5.41) is 3.66. The lowest BCUT2D eigenvalue weighted by atomic mass is 9.90. The van der Waals surface area contributed by atoms with Crippen molar-refractivity contribution in [3.8, 4) is 0 Å². The molecule has 19 heavy (non-hydrogen) atoms. The summed E-state index contributed by atoms with van der Waals surface area (Å²) in [6.07, 6.45) is 2.37. The number of hydrogen-bond acceptors (Lipinski definition) is 2. The molecule has 0 spiro atoms. The van der Waals surface area contributed by atoms with Gasteiger partial charge in [0.2, 0.25) is 5.91 Å². The fourth-order valence-electron chi connectivity index (χ4n) is 2.64. The van der Waals surface area contributed by atoms with E-state index in [9.17, 15) is 4.79 Å². The summed E-state index contributed by atoms with van der Waals surface area (Å²) < 4.78 is 0. The van der Waals surface area contributed by atoms with E-state index in [0.29, 0.717) is 23.3 Å². The van der Waals surface area contributed by atoms with E-state index in [1.807, 2.05) is 13.8 Å². The normalized spacial score (nSPS) is 24.9. The molecule has 0 bridgehead atoms. The van der Waals surface area contributed by atoms with Crippen molar-refractivity contribution in [2.24, 2.45) is 17.3 Å². The largest absolute Gasteiger partial charge is 0.341 e. The number of hydrogen-bond donors (Lipinski definition) is 1. The maximum Gasteiger partial charge on any atom is 0.225 e. The Hall–Kier alpha value is -0.570. The Kier molecular flexibility index (Phi) is 5.84. The number of carbonyl (C=O) groups excluding carboxylic acids is 1. The first-order valence-electron chi connectivity index (χ1n) is 7.75. The van der Waals surface area contributed by atoms with Crippen molar-refractivity contribution < 1.29 is 4.79 Å². The Labute approximate surface area is 119 Å². The lowest BCUT2D eigenvalue weighted by Gasteiger charge is -2.39. The molecule has 1 saturated heterocycles. The minimum Gasteiger partial charge on any atom is -0.341 e. The Morgan fingerprint density at radius 1 is 1.32 bits per heavy atom. The van der Waals surface area contributed by atoms with Crippen molar-refractivity contribution in [3.05, 3.63) is 0 Å². The zero-order valence-electron chi connectivity index (χ0n) is 13.6. The van der Waals surface area contributed by atoms with Crippen LogP contribution in [-0.2, 0) is 4.79 Å². The van der Waals surface area contributed by atoms with Gasteiger partial charge in [-0.1, -0.05) is 48.0 Å². The van der Waals surface area contributed by atoms with E-state index >= 15 is 0 Å². The molecule has 1 fully saturated rings. The summed E-state index contributed by atoms with van der Waals surface area (Å²) >= 11 is 0.